The Kier molecular flexibility index (Phi) is 4.51. The molecule has 4 aromatic rings. The van der Waals surface area contributed by atoms with E-state index in [0.29, 0.717) is 16.9 Å². The number of carbonyl (C=O) groups is 1. The lowest BCUT2D eigenvalue weighted by Crippen LogP contribution is -2.43. The summed E-state index contributed by atoms with van der Waals surface area (Å²) in [6.07, 6.45) is 3.57. The summed E-state index contributed by atoms with van der Waals surface area (Å²) in [7, 11) is 1.86. The number of pyridine rings is 1. The van der Waals surface area contributed by atoms with Crippen molar-refractivity contribution in [1.82, 2.24) is 30.3 Å². The molecule has 3 aromatic heterocycles. The second kappa shape index (κ2) is 7.34. The van der Waals surface area contributed by atoms with Gasteiger partial charge >= 0.3 is 0 Å². The first-order valence-electron chi connectivity index (χ1n) is 9.92. The molecule has 1 aliphatic heterocycles. The van der Waals surface area contributed by atoms with Gasteiger partial charge in [-0.3, -0.25) is 9.48 Å². The number of anilines is 2. The van der Waals surface area contributed by atoms with E-state index in [-0.39, 0.29) is 5.91 Å². The lowest BCUT2D eigenvalue weighted by atomic mass is 10.1. The van der Waals surface area contributed by atoms with Crippen LogP contribution >= 0.6 is 0 Å². The van der Waals surface area contributed by atoms with Crippen molar-refractivity contribution in [1.29, 1.82) is 0 Å². The Morgan fingerprint density at radius 3 is 2.83 bits per heavy atom. The fraction of sp³-hybridized carbons (Fsp3) is 0.286. The molecule has 1 saturated heterocycles. The third kappa shape index (κ3) is 3.22. The Morgan fingerprint density at radius 1 is 1.17 bits per heavy atom. The van der Waals surface area contributed by atoms with Crippen LogP contribution in [0.4, 0.5) is 11.5 Å². The van der Waals surface area contributed by atoms with Crippen molar-refractivity contribution < 1.29 is 4.79 Å². The Labute approximate surface area is 173 Å². The Bertz CT molecular complexity index is 1260. The molecule has 2 N–H and O–H groups in total. The zero-order valence-corrected chi connectivity index (χ0v) is 16.9. The van der Waals surface area contributed by atoms with E-state index in [1.165, 1.54) is 0 Å². The van der Waals surface area contributed by atoms with Gasteiger partial charge in [-0.2, -0.15) is 10.2 Å². The predicted octanol–water partition coefficient (Wildman–Crippen LogP) is 1.88. The minimum atomic E-state index is -0.262. The number of nitrogens with zero attached hydrogens (tertiary/aromatic N) is 6. The van der Waals surface area contributed by atoms with Crippen molar-refractivity contribution in [3.05, 3.63) is 47.9 Å². The van der Waals surface area contributed by atoms with Crippen molar-refractivity contribution in [3.8, 4) is 0 Å². The molecule has 4 heterocycles. The van der Waals surface area contributed by atoms with E-state index in [2.05, 4.69) is 35.8 Å². The van der Waals surface area contributed by atoms with Crippen molar-refractivity contribution in [2.45, 2.75) is 6.92 Å². The minimum Gasteiger partial charge on any atom is -0.368 e. The fourth-order valence-electron chi connectivity index (χ4n) is 3.99. The van der Waals surface area contributed by atoms with Gasteiger partial charge in [0.1, 0.15) is 16.9 Å². The van der Waals surface area contributed by atoms with Gasteiger partial charge in [0.2, 0.25) is 0 Å². The Balaban J connectivity index is 1.51. The molecule has 5 rings (SSSR count). The van der Waals surface area contributed by atoms with Crippen molar-refractivity contribution in [2.24, 2.45) is 7.05 Å². The van der Waals surface area contributed by atoms with E-state index in [0.717, 1.165) is 53.8 Å². The SMILES string of the molecule is Cc1nc(NC(=O)c2ccc(N3CCNCC3)c3ccnnc23)cc2cn(C)nc12. The first kappa shape index (κ1) is 18.4. The number of piperazine rings is 1. The van der Waals surface area contributed by atoms with Crippen LogP contribution in [0.15, 0.2) is 36.7 Å². The molecule has 0 aliphatic carbocycles. The largest absolute Gasteiger partial charge is 0.368 e. The van der Waals surface area contributed by atoms with Crippen molar-refractivity contribution >= 4 is 39.2 Å². The standard InChI is InChI=1S/C21H22N8O/c1-13-19-14(12-28(2)27-19)11-18(24-13)25-21(30)16-3-4-17(29-9-7-22-8-10-29)15-5-6-23-26-20(15)16/h3-6,11-12,22H,7-10H2,1-2H3,(H,25,30). The minimum absolute atomic E-state index is 0.262. The van der Waals surface area contributed by atoms with E-state index in [4.69, 9.17) is 0 Å². The number of hydrogen-bond acceptors (Lipinski definition) is 7. The highest BCUT2D eigenvalue weighted by atomic mass is 16.1. The number of hydrogen-bond donors (Lipinski definition) is 2. The van der Waals surface area contributed by atoms with Crippen LogP contribution in [-0.2, 0) is 7.05 Å². The Hall–Kier alpha value is -3.59. The van der Waals surface area contributed by atoms with Gasteiger partial charge < -0.3 is 15.5 Å². The molecule has 30 heavy (non-hydrogen) atoms. The van der Waals surface area contributed by atoms with Crippen molar-refractivity contribution in [2.75, 3.05) is 36.4 Å². The van der Waals surface area contributed by atoms with Gasteiger partial charge in [0, 0.05) is 55.9 Å². The van der Waals surface area contributed by atoms with Gasteiger partial charge in [-0.25, -0.2) is 4.98 Å². The molecule has 1 aromatic carbocycles. The van der Waals surface area contributed by atoms with Crippen LogP contribution in [0.2, 0.25) is 0 Å². The number of aromatic nitrogens is 5. The van der Waals surface area contributed by atoms with Gasteiger partial charge in [-0.05, 0) is 31.2 Å². The van der Waals surface area contributed by atoms with Crippen molar-refractivity contribution in [3.63, 3.8) is 0 Å². The summed E-state index contributed by atoms with van der Waals surface area (Å²) in [5, 5.41) is 20.8. The molecule has 1 fully saturated rings. The van der Waals surface area contributed by atoms with Gasteiger partial charge in [0.05, 0.1) is 17.5 Å². The monoisotopic (exact) mass is 402 g/mol. The predicted molar refractivity (Wildman–Crippen MR) is 116 cm³/mol. The molecule has 0 saturated carbocycles. The number of aryl methyl sites for hydroxylation is 2. The first-order valence-corrected chi connectivity index (χ1v) is 9.92. The van der Waals surface area contributed by atoms with Crippen LogP contribution in [0.5, 0.6) is 0 Å². The summed E-state index contributed by atoms with van der Waals surface area (Å²) in [6, 6.07) is 7.56. The number of nitrogens with one attached hydrogen (secondary N) is 2. The number of carbonyl (C=O) groups excluding carboxylic acids is 1. The van der Waals surface area contributed by atoms with Gasteiger partial charge in [0.15, 0.2) is 0 Å². The van der Waals surface area contributed by atoms with Crippen LogP contribution in [0.1, 0.15) is 16.1 Å². The maximum Gasteiger partial charge on any atom is 0.259 e. The molecular weight excluding hydrogens is 380 g/mol. The van der Waals surface area contributed by atoms with Crippen LogP contribution in [0.25, 0.3) is 21.8 Å². The lowest BCUT2D eigenvalue weighted by Gasteiger charge is -2.30. The summed E-state index contributed by atoms with van der Waals surface area (Å²) in [6.45, 7) is 5.58. The molecule has 0 radical (unpaired) electrons. The molecule has 0 spiro atoms. The van der Waals surface area contributed by atoms with E-state index in [1.807, 2.05) is 44.4 Å². The molecular formula is C21H22N8O. The summed E-state index contributed by atoms with van der Waals surface area (Å²) in [5.74, 6) is 0.226. The zero-order valence-electron chi connectivity index (χ0n) is 16.9. The average molecular weight is 402 g/mol. The van der Waals surface area contributed by atoms with E-state index in [1.54, 1.807) is 10.9 Å². The highest BCUT2D eigenvalue weighted by Gasteiger charge is 2.19. The zero-order chi connectivity index (χ0) is 20.7. The highest BCUT2D eigenvalue weighted by Crippen LogP contribution is 2.29. The summed E-state index contributed by atoms with van der Waals surface area (Å²) < 4.78 is 1.74. The van der Waals surface area contributed by atoms with E-state index >= 15 is 0 Å². The number of benzene rings is 1. The summed E-state index contributed by atoms with van der Waals surface area (Å²) >= 11 is 0. The number of rotatable bonds is 3. The quantitative estimate of drug-likeness (QED) is 0.540. The van der Waals surface area contributed by atoms with Gasteiger partial charge in [0.25, 0.3) is 5.91 Å². The number of fused-ring (bicyclic) bond motifs is 2. The third-order valence-corrected chi connectivity index (χ3v) is 5.38. The van der Waals surface area contributed by atoms with Crippen LogP contribution in [0, 0.1) is 6.92 Å². The molecule has 9 heteroatoms. The summed E-state index contributed by atoms with van der Waals surface area (Å²) in [5.41, 5.74) is 3.73. The normalized spacial score (nSPS) is 14.4. The molecule has 0 atom stereocenters. The van der Waals surface area contributed by atoms with E-state index < -0.39 is 0 Å². The second-order valence-corrected chi connectivity index (χ2v) is 7.45. The summed E-state index contributed by atoms with van der Waals surface area (Å²) in [4.78, 5) is 19.9. The third-order valence-electron chi connectivity index (χ3n) is 5.38. The maximum absolute atomic E-state index is 13.1. The topological polar surface area (TPSA) is 101 Å². The molecule has 1 aliphatic rings. The van der Waals surface area contributed by atoms with Crippen LogP contribution in [0.3, 0.4) is 0 Å². The molecule has 9 nitrogen and oxygen atoms in total. The van der Waals surface area contributed by atoms with Crippen LogP contribution < -0.4 is 15.5 Å². The first-order chi connectivity index (χ1) is 14.6. The maximum atomic E-state index is 13.1. The fourth-order valence-corrected chi connectivity index (χ4v) is 3.99. The number of amides is 1. The van der Waals surface area contributed by atoms with Gasteiger partial charge in [-0.15, -0.1) is 5.10 Å². The Morgan fingerprint density at radius 2 is 2.00 bits per heavy atom. The molecule has 0 unspecified atom stereocenters. The van der Waals surface area contributed by atoms with Crippen LogP contribution in [-0.4, -0.2) is 57.0 Å². The van der Waals surface area contributed by atoms with Gasteiger partial charge in [-0.1, -0.05) is 0 Å². The molecule has 0 bridgehead atoms. The molecule has 152 valence electrons. The highest BCUT2D eigenvalue weighted by molar-refractivity contribution is 6.13. The molecule has 1 amide bonds. The lowest BCUT2D eigenvalue weighted by molar-refractivity contribution is 0.102. The average Bonchev–Trinajstić information content (AvgIpc) is 3.14. The second-order valence-electron chi connectivity index (χ2n) is 7.45. The smallest absolute Gasteiger partial charge is 0.259 e. The van der Waals surface area contributed by atoms with E-state index in [9.17, 15) is 4.79 Å².